The second kappa shape index (κ2) is 5.98. The first kappa shape index (κ1) is 14.9. The molecule has 0 fully saturated rings. The van der Waals surface area contributed by atoms with Crippen LogP contribution in [0.15, 0.2) is 24.5 Å². The van der Waals surface area contributed by atoms with Crippen LogP contribution in [0.25, 0.3) is 11.2 Å². The number of fused-ring (bicyclic) bond motifs is 1. The molecule has 2 heterocycles. The number of hydrogen-bond donors (Lipinski definition) is 0. The molecule has 6 nitrogen and oxygen atoms in total. The fraction of sp³-hybridized carbons (Fsp3) is 0.214. The largest absolute Gasteiger partial charge is 0.497 e. The van der Waals surface area contributed by atoms with E-state index in [2.05, 4.69) is 15.0 Å². The molecular weight excluding hydrogens is 327 g/mol. The minimum atomic E-state index is 0.0856. The normalized spacial score (nSPS) is 10.9. The smallest absolute Gasteiger partial charge is 0.225 e. The lowest BCUT2D eigenvalue weighted by Crippen LogP contribution is -2.01. The SMILES string of the molecule is COc1cc(Cn2cnc3c(Cl)nc(Cl)nc32)cc(OC)c1. The summed E-state index contributed by atoms with van der Waals surface area (Å²) >= 11 is 11.9. The lowest BCUT2D eigenvalue weighted by atomic mass is 10.2. The number of nitrogens with zero attached hydrogens (tertiary/aromatic N) is 4. The summed E-state index contributed by atoms with van der Waals surface area (Å²) in [7, 11) is 3.22. The molecule has 0 saturated carbocycles. The third-order valence-electron chi connectivity index (χ3n) is 3.16. The molecule has 2 aromatic heterocycles. The summed E-state index contributed by atoms with van der Waals surface area (Å²) in [5.74, 6) is 1.42. The van der Waals surface area contributed by atoms with Crippen molar-refractivity contribution in [1.29, 1.82) is 0 Å². The van der Waals surface area contributed by atoms with E-state index < -0.39 is 0 Å². The van der Waals surface area contributed by atoms with E-state index in [1.54, 1.807) is 20.5 Å². The van der Waals surface area contributed by atoms with E-state index in [0.29, 0.717) is 29.2 Å². The standard InChI is InChI=1S/C14H12Cl2N4O2/c1-21-9-3-8(4-10(5-9)22-2)6-20-7-17-11-12(15)18-14(16)19-13(11)20/h3-5,7H,6H2,1-2H3. The van der Waals surface area contributed by atoms with Gasteiger partial charge in [-0.25, -0.2) is 9.97 Å². The van der Waals surface area contributed by atoms with Crippen molar-refractivity contribution in [1.82, 2.24) is 19.5 Å². The zero-order valence-electron chi connectivity index (χ0n) is 11.9. The van der Waals surface area contributed by atoms with Gasteiger partial charge in [0.05, 0.1) is 27.1 Å². The molecule has 0 unspecified atom stereocenters. The topological polar surface area (TPSA) is 62.1 Å². The lowest BCUT2D eigenvalue weighted by Gasteiger charge is -2.09. The quantitative estimate of drug-likeness (QED) is 0.540. The Kier molecular flexibility index (Phi) is 4.04. The Labute approximate surface area is 136 Å². The Balaban J connectivity index is 2.03. The molecule has 0 N–H and O–H groups in total. The number of ether oxygens (including phenoxy) is 2. The minimum absolute atomic E-state index is 0.0856. The van der Waals surface area contributed by atoms with Gasteiger partial charge < -0.3 is 14.0 Å². The highest BCUT2D eigenvalue weighted by molar-refractivity contribution is 6.35. The maximum Gasteiger partial charge on any atom is 0.225 e. The molecular formula is C14H12Cl2N4O2. The van der Waals surface area contributed by atoms with Gasteiger partial charge in [-0.05, 0) is 29.3 Å². The van der Waals surface area contributed by atoms with Crippen molar-refractivity contribution in [3.05, 3.63) is 40.5 Å². The molecule has 0 aliphatic heterocycles. The number of methoxy groups -OCH3 is 2. The van der Waals surface area contributed by atoms with E-state index in [1.807, 2.05) is 22.8 Å². The molecule has 8 heteroatoms. The van der Waals surface area contributed by atoms with Gasteiger partial charge >= 0.3 is 0 Å². The Morgan fingerprint density at radius 1 is 1.05 bits per heavy atom. The van der Waals surface area contributed by atoms with Crippen molar-refractivity contribution in [2.45, 2.75) is 6.54 Å². The van der Waals surface area contributed by atoms with Gasteiger partial charge in [-0.2, -0.15) is 4.98 Å². The van der Waals surface area contributed by atoms with Gasteiger partial charge in [-0.15, -0.1) is 0 Å². The maximum absolute atomic E-state index is 6.02. The summed E-state index contributed by atoms with van der Waals surface area (Å²) < 4.78 is 12.4. The Hall–Kier alpha value is -2.05. The van der Waals surface area contributed by atoms with Crippen molar-refractivity contribution in [2.24, 2.45) is 0 Å². The molecule has 0 radical (unpaired) electrons. The van der Waals surface area contributed by atoms with Gasteiger partial charge in [0.2, 0.25) is 5.28 Å². The average Bonchev–Trinajstić information content (AvgIpc) is 2.90. The first-order valence-corrected chi connectivity index (χ1v) is 7.12. The first-order chi connectivity index (χ1) is 10.6. The number of rotatable bonds is 4. The third kappa shape index (κ3) is 2.80. The molecule has 22 heavy (non-hydrogen) atoms. The van der Waals surface area contributed by atoms with Gasteiger partial charge in [-0.1, -0.05) is 11.6 Å². The van der Waals surface area contributed by atoms with Crippen LogP contribution < -0.4 is 9.47 Å². The molecule has 0 aliphatic carbocycles. The highest BCUT2D eigenvalue weighted by Gasteiger charge is 2.12. The Bertz CT molecular complexity index is 813. The first-order valence-electron chi connectivity index (χ1n) is 6.36. The van der Waals surface area contributed by atoms with Crippen molar-refractivity contribution in [2.75, 3.05) is 14.2 Å². The van der Waals surface area contributed by atoms with Crippen LogP contribution in [0.4, 0.5) is 0 Å². The van der Waals surface area contributed by atoms with Crippen molar-refractivity contribution in [3.8, 4) is 11.5 Å². The zero-order valence-corrected chi connectivity index (χ0v) is 13.4. The van der Waals surface area contributed by atoms with Gasteiger partial charge in [0.1, 0.15) is 17.0 Å². The number of imidazole rings is 1. The van der Waals surface area contributed by atoms with Gasteiger partial charge in [0, 0.05) is 6.07 Å². The summed E-state index contributed by atoms with van der Waals surface area (Å²) in [5, 5.41) is 0.319. The number of benzene rings is 1. The number of aromatic nitrogens is 4. The predicted molar refractivity (Wildman–Crippen MR) is 84.0 cm³/mol. The zero-order chi connectivity index (χ0) is 15.7. The number of halogens is 2. The van der Waals surface area contributed by atoms with Crippen LogP contribution in [0.5, 0.6) is 11.5 Å². The van der Waals surface area contributed by atoms with Crippen molar-refractivity contribution < 1.29 is 9.47 Å². The molecule has 0 spiro atoms. The monoisotopic (exact) mass is 338 g/mol. The summed E-state index contributed by atoms with van der Waals surface area (Å²) in [5.41, 5.74) is 2.06. The Morgan fingerprint density at radius 2 is 1.73 bits per heavy atom. The highest BCUT2D eigenvalue weighted by Crippen LogP contribution is 2.25. The number of hydrogen-bond acceptors (Lipinski definition) is 5. The molecule has 1 aromatic carbocycles. The molecule has 0 saturated heterocycles. The second-order valence-corrected chi connectivity index (χ2v) is 5.25. The van der Waals surface area contributed by atoms with Crippen LogP contribution >= 0.6 is 23.2 Å². The molecule has 3 rings (SSSR count). The fourth-order valence-electron chi connectivity index (χ4n) is 2.15. The summed E-state index contributed by atoms with van der Waals surface area (Å²) in [6.45, 7) is 0.522. The van der Waals surface area contributed by atoms with Gasteiger partial charge in [-0.3, -0.25) is 0 Å². The maximum atomic E-state index is 6.02. The Morgan fingerprint density at radius 3 is 2.36 bits per heavy atom. The average molecular weight is 339 g/mol. The minimum Gasteiger partial charge on any atom is -0.497 e. The molecule has 0 atom stereocenters. The van der Waals surface area contributed by atoms with Crippen LogP contribution in [-0.2, 0) is 6.54 Å². The van der Waals surface area contributed by atoms with Crippen LogP contribution in [0, 0.1) is 0 Å². The highest BCUT2D eigenvalue weighted by atomic mass is 35.5. The van der Waals surface area contributed by atoms with Crippen molar-refractivity contribution in [3.63, 3.8) is 0 Å². The molecule has 114 valence electrons. The van der Waals surface area contributed by atoms with E-state index in [9.17, 15) is 0 Å². The summed E-state index contributed by atoms with van der Waals surface area (Å²) in [6, 6.07) is 5.64. The second-order valence-electron chi connectivity index (χ2n) is 4.55. The molecule has 0 bridgehead atoms. The molecule has 3 aromatic rings. The summed E-state index contributed by atoms with van der Waals surface area (Å²) in [6.07, 6.45) is 1.65. The van der Waals surface area contributed by atoms with Crippen LogP contribution in [0.1, 0.15) is 5.56 Å². The third-order valence-corrected chi connectivity index (χ3v) is 3.59. The fourth-order valence-corrected chi connectivity index (χ4v) is 2.58. The van der Waals surface area contributed by atoms with E-state index in [4.69, 9.17) is 32.7 Å². The van der Waals surface area contributed by atoms with Crippen LogP contribution in [0.2, 0.25) is 10.4 Å². The molecule has 0 amide bonds. The van der Waals surface area contributed by atoms with Crippen LogP contribution in [0.3, 0.4) is 0 Å². The molecule has 0 aliphatic rings. The van der Waals surface area contributed by atoms with E-state index >= 15 is 0 Å². The van der Waals surface area contributed by atoms with Gasteiger partial charge in [0.15, 0.2) is 10.8 Å². The van der Waals surface area contributed by atoms with Crippen molar-refractivity contribution >= 4 is 34.4 Å². The summed E-state index contributed by atoms with van der Waals surface area (Å²) in [4.78, 5) is 12.3. The predicted octanol–water partition coefficient (Wildman–Crippen LogP) is 3.20. The van der Waals surface area contributed by atoms with Gasteiger partial charge in [0.25, 0.3) is 0 Å². The van der Waals surface area contributed by atoms with E-state index in [1.165, 1.54) is 0 Å². The van der Waals surface area contributed by atoms with E-state index in [-0.39, 0.29) is 10.4 Å². The van der Waals surface area contributed by atoms with Crippen LogP contribution in [-0.4, -0.2) is 33.7 Å². The van der Waals surface area contributed by atoms with E-state index in [0.717, 1.165) is 5.56 Å². The lowest BCUT2D eigenvalue weighted by molar-refractivity contribution is 0.393.